The number of fused-ring (bicyclic) bond motifs is 1. The van der Waals surface area contributed by atoms with Gasteiger partial charge in [-0.2, -0.15) is 0 Å². The Hall–Kier alpha value is -3.78. The predicted molar refractivity (Wildman–Crippen MR) is 113 cm³/mol. The van der Waals surface area contributed by atoms with Gasteiger partial charge in [0.25, 0.3) is 17.4 Å². The third kappa shape index (κ3) is 4.70. The van der Waals surface area contributed by atoms with Crippen LogP contribution in [0.3, 0.4) is 0 Å². The molecule has 2 N–H and O–H groups in total. The van der Waals surface area contributed by atoms with E-state index in [0.29, 0.717) is 16.5 Å². The summed E-state index contributed by atoms with van der Waals surface area (Å²) in [5, 5.41) is 0.521. The van der Waals surface area contributed by atoms with Crippen LogP contribution in [0, 0.1) is 0 Å². The van der Waals surface area contributed by atoms with Crippen LogP contribution >= 0.6 is 11.6 Å². The number of hydrazine groups is 1. The third-order valence-corrected chi connectivity index (χ3v) is 5.01. The first kappa shape index (κ1) is 20.5. The molecular formula is C22H18ClN3O5. The van der Waals surface area contributed by atoms with Gasteiger partial charge in [-0.3, -0.25) is 25.2 Å². The second-order valence-electron chi connectivity index (χ2n) is 6.78. The maximum Gasteiger partial charge on any atom is 0.283 e. The number of amides is 2. The molecule has 3 aromatic rings. The molecule has 1 atom stereocenters. The average Bonchev–Trinajstić information content (AvgIpc) is 2.79. The van der Waals surface area contributed by atoms with Gasteiger partial charge in [-0.15, -0.1) is 0 Å². The molecule has 0 saturated carbocycles. The van der Waals surface area contributed by atoms with E-state index in [9.17, 15) is 14.4 Å². The molecule has 8 nitrogen and oxygen atoms in total. The molecule has 0 saturated heterocycles. The van der Waals surface area contributed by atoms with E-state index < -0.39 is 17.9 Å². The zero-order chi connectivity index (χ0) is 21.8. The lowest BCUT2D eigenvalue weighted by atomic mass is 10.2. The second kappa shape index (κ2) is 8.93. The van der Waals surface area contributed by atoms with Gasteiger partial charge in [-0.05, 0) is 29.8 Å². The summed E-state index contributed by atoms with van der Waals surface area (Å²) >= 11 is 6.15. The Morgan fingerprint density at radius 2 is 1.74 bits per heavy atom. The molecular weight excluding hydrogens is 422 g/mol. The van der Waals surface area contributed by atoms with E-state index in [1.165, 1.54) is 22.9 Å². The topological polar surface area (TPSA) is 98.7 Å². The van der Waals surface area contributed by atoms with Crippen molar-refractivity contribution in [3.63, 3.8) is 0 Å². The average molecular weight is 440 g/mol. The van der Waals surface area contributed by atoms with E-state index in [4.69, 9.17) is 21.1 Å². The number of pyridine rings is 1. The van der Waals surface area contributed by atoms with Crippen LogP contribution in [0.25, 0.3) is 0 Å². The lowest BCUT2D eigenvalue weighted by molar-refractivity contribution is -0.131. The minimum absolute atomic E-state index is 0.0153. The van der Waals surface area contributed by atoms with E-state index in [1.54, 1.807) is 42.5 Å². The molecule has 31 heavy (non-hydrogen) atoms. The third-order valence-electron chi connectivity index (χ3n) is 4.64. The zero-order valence-electron chi connectivity index (χ0n) is 16.2. The maximum atomic E-state index is 12.5. The lowest BCUT2D eigenvalue weighted by Crippen LogP contribution is -2.50. The van der Waals surface area contributed by atoms with Crippen molar-refractivity contribution in [1.82, 2.24) is 15.4 Å². The van der Waals surface area contributed by atoms with Gasteiger partial charge in [-0.25, -0.2) is 0 Å². The molecule has 2 amide bonds. The van der Waals surface area contributed by atoms with Gasteiger partial charge in [0.2, 0.25) is 6.10 Å². The summed E-state index contributed by atoms with van der Waals surface area (Å²) in [5.74, 6) is -0.145. The first-order valence-electron chi connectivity index (χ1n) is 9.44. The standard InChI is InChI=1S/C22H18ClN3O5/c23-16-6-2-1-5-14(16)11-26-12-15(9-10-20(26)27)21(28)24-25-22(29)19-13-30-17-7-3-4-8-18(17)31-19/h1-10,12,19H,11,13H2,(H,24,28)(H,25,29). The number of carbonyl (C=O) groups excluding carboxylic acids is 2. The van der Waals surface area contributed by atoms with Crippen LogP contribution in [0.1, 0.15) is 15.9 Å². The van der Waals surface area contributed by atoms with Gasteiger partial charge >= 0.3 is 0 Å². The molecule has 0 aliphatic carbocycles. The fourth-order valence-corrected chi connectivity index (χ4v) is 3.21. The summed E-state index contributed by atoms with van der Waals surface area (Å²) in [4.78, 5) is 37.0. The van der Waals surface area contributed by atoms with E-state index in [0.717, 1.165) is 5.56 Å². The Kier molecular flexibility index (Phi) is 5.90. The number of benzene rings is 2. The number of hydrogen-bond donors (Lipinski definition) is 2. The van der Waals surface area contributed by atoms with Gasteiger partial charge in [0, 0.05) is 17.3 Å². The van der Waals surface area contributed by atoms with Crippen molar-refractivity contribution in [2.45, 2.75) is 12.6 Å². The molecule has 0 radical (unpaired) electrons. The summed E-state index contributed by atoms with van der Waals surface area (Å²) in [6.07, 6.45) is 0.494. The maximum absolute atomic E-state index is 12.5. The smallest absolute Gasteiger partial charge is 0.283 e. The normalized spacial score (nSPS) is 14.5. The molecule has 0 spiro atoms. The van der Waals surface area contributed by atoms with Crippen molar-refractivity contribution in [2.24, 2.45) is 0 Å². The molecule has 0 fully saturated rings. The fraction of sp³-hybridized carbons (Fsp3) is 0.136. The summed E-state index contributed by atoms with van der Waals surface area (Å²) in [6, 6.07) is 16.8. The highest BCUT2D eigenvalue weighted by atomic mass is 35.5. The van der Waals surface area contributed by atoms with Crippen molar-refractivity contribution < 1.29 is 19.1 Å². The SMILES string of the molecule is O=C(NNC(=O)C1COc2ccccc2O1)c1ccc(=O)n(Cc2ccccc2Cl)c1. The van der Waals surface area contributed by atoms with Crippen molar-refractivity contribution in [1.29, 1.82) is 0 Å². The molecule has 1 aliphatic heterocycles. The molecule has 158 valence electrons. The Labute approximate surface area is 182 Å². The first-order chi connectivity index (χ1) is 15.0. The molecule has 9 heteroatoms. The van der Waals surface area contributed by atoms with Crippen LogP contribution in [0.5, 0.6) is 11.5 Å². The molecule has 2 heterocycles. The fourth-order valence-electron chi connectivity index (χ4n) is 3.02. The van der Waals surface area contributed by atoms with Gasteiger partial charge in [0.05, 0.1) is 12.1 Å². The van der Waals surface area contributed by atoms with Gasteiger partial charge < -0.3 is 14.0 Å². The number of nitrogens with zero attached hydrogens (tertiary/aromatic N) is 1. The van der Waals surface area contributed by atoms with E-state index >= 15 is 0 Å². The van der Waals surface area contributed by atoms with Crippen molar-refractivity contribution in [3.8, 4) is 11.5 Å². The van der Waals surface area contributed by atoms with Crippen LogP contribution < -0.4 is 25.9 Å². The van der Waals surface area contributed by atoms with Crippen LogP contribution in [0.15, 0.2) is 71.7 Å². The second-order valence-corrected chi connectivity index (χ2v) is 7.19. The van der Waals surface area contributed by atoms with Gasteiger partial charge in [0.1, 0.15) is 6.61 Å². The first-order valence-corrected chi connectivity index (χ1v) is 9.81. The minimum Gasteiger partial charge on any atom is -0.485 e. The van der Waals surface area contributed by atoms with Crippen LogP contribution in [0.2, 0.25) is 5.02 Å². The summed E-state index contributed by atoms with van der Waals surface area (Å²) < 4.78 is 12.5. The highest BCUT2D eigenvalue weighted by Crippen LogP contribution is 2.30. The summed E-state index contributed by atoms with van der Waals surface area (Å²) in [6.45, 7) is 0.222. The molecule has 2 aromatic carbocycles. The summed E-state index contributed by atoms with van der Waals surface area (Å²) in [5.41, 5.74) is 5.30. The predicted octanol–water partition coefficient (Wildman–Crippen LogP) is 2.15. The molecule has 1 aliphatic rings. The molecule has 1 aromatic heterocycles. The van der Waals surface area contributed by atoms with E-state index in [1.807, 2.05) is 6.07 Å². The highest BCUT2D eigenvalue weighted by Gasteiger charge is 2.27. The van der Waals surface area contributed by atoms with E-state index in [2.05, 4.69) is 10.9 Å². The number of halogens is 1. The number of aromatic nitrogens is 1. The molecule has 4 rings (SSSR count). The Bertz CT molecular complexity index is 1190. The van der Waals surface area contributed by atoms with Gasteiger partial charge in [0.15, 0.2) is 11.5 Å². The number of carbonyl (C=O) groups is 2. The summed E-state index contributed by atoms with van der Waals surface area (Å²) in [7, 11) is 0. The number of nitrogens with one attached hydrogen (secondary N) is 2. The van der Waals surface area contributed by atoms with E-state index in [-0.39, 0.29) is 24.3 Å². The van der Waals surface area contributed by atoms with Crippen LogP contribution in [-0.2, 0) is 11.3 Å². The number of ether oxygens (including phenoxy) is 2. The lowest BCUT2D eigenvalue weighted by Gasteiger charge is -2.25. The van der Waals surface area contributed by atoms with Gasteiger partial charge in [-0.1, -0.05) is 41.9 Å². The Morgan fingerprint density at radius 1 is 1.00 bits per heavy atom. The number of rotatable bonds is 4. The quantitative estimate of drug-likeness (QED) is 0.607. The largest absolute Gasteiger partial charge is 0.485 e. The molecule has 0 bridgehead atoms. The Balaban J connectivity index is 1.39. The molecule has 1 unspecified atom stereocenters. The monoisotopic (exact) mass is 439 g/mol. The van der Waals surface area contributed by atoms with Crippen molar-refractivity contribution >= 4 is 23.4 Å². The van der Waals surface area contributed by atoms with Crippen LogP contribution in [-0.4, -0.2) is 29.1 Å². The number of para-hydroxylation sites is 2. The highest BCUT2D eigenvalue weighted by molar-refractivity contribution is 6.31. The minimum atomic E-state index is -0.913. The van der Waals surface area contributed by atoms with Crippen molar-refractivity contribution in [3.05, 3.63) is 93.4 Å². The number of hydrogen-bond acceptors (Lipinski definition) is 5. The van der Waals surface area contributed by atoms with Crippen molar-refractivity contribution in [2.75, 3.05) is 6.61 Å². The van der Waals surface area contributed by atoms with Crippen LogP contribution in [0.4, 0.5) is 0 Å². The zero-order valence-corrected chi connectivity index (χ0v) is 17.0. The Morgan fingerprint density at radius 3 is 2.55 bits per heavy atom.